The van der Waals surface area contributed by atoms with E-state index in [1.54, 1.807) is 0 Å². The monoisotopic (exact) mass is 319 g/mol. The molecule has 1 unspecified atom stereocenters. The SMILES string of the molecule is CCC(CCN1CCCCC1)c1cc(NSC2CC2)ccn1. The molecule has 1 saturated carbocycles. The Morgan fingerprint density at radius 3 is 2.86 bits per heavy atom. The van der Waals surface area contributed by atoms with E-state index in [0.29, 0.717) is 5.92 Å². The lowest BCUT2D eigenvalue weighted by molar-refractivity contribution is 0.220. The van der Waals surface area contributed by atoms with Gasteiger partial charge in [-0.3, -0.25) is 4.98 Å². The van der Waals surface area contributed by atoms with Crippen LogP contribution in [0, 0.1) is 0 Å². The smallest absolute Gasteiger partial charge is 0.0473 e. The first-order valence-electron chi connectivity index (χ1n) is 8.95. The van der Waals surface area contributed by atoms with Crippen LogP contribution in [0.2, 0.25) is 0 Å². The maximum atomic E-state index is 4.65. The maximum absolute atomic E-state index is 4.65. The highest BCUT2D eigenvalue weighted by atomic mass is 32.2. The second kappa shape index (κ2) is 8.21. The lowest BCUT2D eigenvalue weighted by Gasteiger charge is -2.28. The van der Waals surface area contributed by atoms with Crippen LogP contribution in [0.5, 0.6) is 0 Å². The largest absolute Gasteiger partial charge is 0.329 e. The molecule has 1 aliphatic heterocycles. The Kier molecular flexibility index (Phi) is 6.02. The molecule has 3 nitrogen and oxygen atoms in total. The number of hydrogen-bond acceptors (Lipinski definition) is 4. The molecule has 1 saturated heterocycles. The van der Waals surface area contributed by atoms with Crippen molar-refractivity contribution in [2.45, 2.75) is 63.0 Å². The van der Waals surface area contributed by atoms with Gasteiger partial charge in [0.15, 0.2) is 0 Å². The van der Waals surface area contributed by atoms with Gasteiger partial charge in [0.1, 0.15) is 0 Å². The number of pyridine rings is 1. The van der Waals surface area contributed by atoms with Crippen molar-refractivity contribution in [2.24, 2.45) is 0 Å². The third kappa shape index (κ3) is 4.88. The third-order valence-corrected chi connectivity index (χ3v) is 5.96. The number of aromatic nitrogens is 1. The zero-order valence-corrected chi connectivity index (χ0v) is 14.6. The summed E-state index contributed by atoms with van der Waals surface area (Å²) in [5.74, 6) is 0.592. The molecular weight excluding hydrogens is 290 g/mol. The molecule has 1 N–H and O–H groups in total. The van der Waals surface area contributed by atoms with E-state index in [1.165, 1.54) is 76.0 Å². The van der Waals surface area contributed by atoms with E-state index in [1.807, 2.05) is 18.1 Å². The Labute approximate surface area is 139 Å². The Morgan fingerprint density at radius 1 is 1.32 bits per heavy atom. The molecule has 2 heterocycles. The molecule has 0 amide bonds. The Hall–Kier alpha value is -0.740. The molecule has 0 spiro atoms. The van der Waals surface area contributed by atoms with Crippen molar-refractivity contribution in [1.29, 1.82) is 0 Å². The molecule has 1 atom stereocenters. The summed E-state index contributed by atoms with van der Waals surface area (Å²) in [6.45, 7) is 6.11. The van der Waals surface area contributed by atoms with Crippen LogP contribution in [-0.4, -0.2) is 34.8 Å². The maximum Gasteiger partial charge on any atom is 0.0473 e. The van der Waals surface area contributed by atoms with Crippen LogP contribution >= 0.6 is 11.9 Å². The number of anilines is 1. The van der Waals surface area contributed by atoms with Gasteiger partial charge in [-0.1, -0.05) is 13.3 Å². The van der Waals surface area contributed by atoms with Gasteiger partial charge in [-0.2, -0.15) is 0 Å². The van der Waals surface area contributed by atoms with Crippen molar-refractivity contribution >= 4 is 17.6 Å². The predicted molar refractivity (Wildman–Crippen MR) is 96.4 cm³/mol. The average molecular weight is 320 g/mol. The van der Waals surface area contributed by atoms with Crippen LogP contribution in [0.25, 0.3) is 0 Å². The fourth-order valence-electron chi connectivity index (χ4n) is 3.15. The highest BCUT2D eigenvalue weighted by molar-refractivity contribution is 8.01. The first-order valence-corrected chi connectivity index (χ1v) is 9.83. The van der Waals surface area contributed by atoms with Gasteiger partial charge in [0.05, 0.1) is 0 Å². The summed E-state index contributed by atoms with van der Waals surface area (Å²) in [6, 6.07) is 4.36. The van der Waals surface area contributed by atoms with Crippen molar-refractivity contribution in [3.63, 3.8) is 0 Å². The van der Waals surface area contributed by atoms with E-state index < -0.39 is 0 Å². The summed E-state index contributed by atoms with van der Waals surface area (Å²) in [5.41, 5.74) is 2.49. The van der Waals surface area contributed by atoms with Crippen molar-refractivity contribution < 1.29 is 0 Å². The number of piperidine rings is 1. The molecular formula is C18H29N3S. The summed E-state index contributed by atoms with van der Waals surface area (Å²) in [7, 11) is 0. The molecule has 0 bridgehead atoms. The fourth-order valence-corrected chi connectivity index (χ4v) is 3.96. The lowest BCUT2D eigenvalue weighted by atomic mass is 9.96. The van der Waals surface area contributed by atoms with Crippen LogP contribution < -0.4 is 4.72 Å². The van der Waals surface area contributed by atoms with Crippen LogP contribution in [0.3, 0.4) is 0 Å². The number of hydrogen-bond donors (Lipinski definition) is 1. The Balaban J connectivity index is 1.53. The van der Waals surface area contributed by atoms with Crippen molar-refractivity contribution in [3.05, 3.63) is 24.0 Å². The minimum atomic E-state index is 0.592. The molecule has 3 rings (SSSR count). The molecule has 1 aliphatic carbocycles. The first-order chi connectivity index (χ1) is 10.8. The summed E-state index contributed by atoms with van der Waals surface area (Å²) < 4.78 is 3.50. The molecule has 2 aliphatic rings. The third-order valence-electron chi connectivity index (χ3n) is 4.80. The van der Waals surface area contributed by atoms with Gasteiger partial charge in [-0.15, -0.1) is 0 Å². The molecule has 2 fully saturated rings. The first kappa shape index (κ1) is 16.1. The number of nitrogens with one attached hydrogen (secondary N) is 1. The highest BCUT2D eigenvalue weighted by Gasteiger charge is 2.22. The van der Waals surface area contributed by atoms with Crippen LogP contribution in [0.1, 0.15) is 63.5 Å². The quantitative estimate of drug-likeness (QED) is 0.705. The van der Waals surface area contributed by atoms with Gasteiger partial charge >= 0.3 is 0 Å². The normalized spacial score (nSPS) is 20.8. The minimum Gasteiger partial charge on any atom is -0.329 e. The van der Waals surface area contributed by atoms with Crippen molar-refractivity contribution in [3.8, 4) is 0 Å². The van der Waals surface area contributed by atoms with Crippen LogP contribution in [0.15, 0.2) is 18.3 Å². The van der Waals surface area contributed by atoms with Crippen LogP contribution in [-0.2, 0) is 0 Å². The fraction of sp³-hybridized carbons (Fsp3) is 0.722. The number of likely N-dealkylation sites (tertiary alicyclic amines) is 1. The topological polar surface area (TPSA) is 28.2 Å². The Bertz CT molecular complexity index is 455. The summed E-state index contributed by atoms with van der Waals surface area (Å²) in [5, 5.41) is 0.831. The van der Waals surface area contributed by atoms with Gasteiger partial charge in [0.2, 0.25) is 0 Å². The standard InChI is InChI=1S/C18H29N3S/c1-2-15(9-13-21-11-4-3-5-12-21)18-14-16(8-10-19-18)20-22-17-6-7-17/h8,10,14-15,17H,2-7,9,11-13H2,1H3,(H,19,20). The van der Waals surface area contributed by atoms with Crippen molar-refractivity contribution in [1.82, 2.24) is 9.88 Å². The summed E-state index contributed by atoms with van der Waals surface area (Å²) in [4.78, 5) is 7.29. The molecule has 22 heavy (non-hydrogen) atoms. The summed E-state index contributed by atoms with van der Waals surface area (Å²) in [6.07, 6.45) is 11.3. The highest BCUT2D eigenvalue weighted by Crippen LogP contribution is 2.34. The van der Waals surface area contributed by atoms with E-state index in [4.69, 9.17) is 0 Å². The van der Waals surface area contributed by atoms with Gasteiger partial charge in [-0.05, 0) is 82.2 Å². The molecule has 122 valence electrons. The number of rotatable bonds is 8. The molecule has 1 aromatic rings. The van der Waals surface area contributed by atoms with E-state index in [0.717, 1.165) is 5.25 Å². The second-order valence-corrected chi connectivity index (χ2v) is 7.79. The lowest BCUT2D eigenvalue weighted by Crippen LogP contribution is -2.31. The molecule has 1 aromatic heterocycles. The minimum absolute atomic E-state index is 0.592. The van der Waals surface area contributed by atoms with E-state index in [9.17, 15) is 0 Å². The second-order valence-electron chi connectivity index (χ2n) is 6.68. The van der Waals surface area contributed by atoms with Gasteiger partial charge in [-0.25, -0.2) is 0 Å². The van der Waals surface area contributed by atoms with Gasteiger partial charge < -0.3 is 9.62 Å². The molecule has 0 radical (unpaired) electrons. The summed E-state index contributed by atoms with van der Waals surface area (Å²) >= 11 is 1.87. The molecule has 0 aromatic carbocycles. The predicted octanol–water partition coefficient (Wildman–Crippen LogP) is 4.67. The Morgan fingerprint density at radius 2 is 2.14 bits per heavy atom. The van der Waals surface area contributed by atoms with E-state index in [-0.39, 0.29) is 0 Å². The van der Waals surface area contributed by atoms with Gasteiger partial charge in [0, 0.05) is 28.7 Å². The van der Waals surface area contributed by atoms with E-state index >= 15 is 0 Å². The molecule has 4 heteroatoms. The van der Waals surface area contributed by atoms with Crippen LogP contribution in [0.4, 0.5) is 5.69 Å². The van der Waals surface area contributed by atoms with E-state index in [2.05, 4.69) is 33.7 Å². The average Bonchev–Trinajstić information content (AvgIpc) is 3.39. The zero-order chi connectivity index (χ0) is 15.2. The van der Waals surface area contributed by atoms with Crippen molar-refractivity contribution in [2.75, 3.05) is 24.4 Å². The number of nitrogens with zero attached hydrogens (tertiary/aromatic N) is 2. The zero-order valence-electron chi connectivity index (χ0n) is 13.8. The van der Waals surface area contributed by atoms with Gasteiger partial charge in [0.25, 0.3) is 0 Å².